The van der Waals surface area contributed by atoms with Gasteiger partial charge in [0, 0.05) is 6.07 Å². The van der Waals surface area contributed by atoms with Gasteiger partial charge in [-0.05, 0) is 37.3 Å². The molecule has 0 fully saturated rings. The van der Waals surface area contributed by atoms with Crippen LogP contribution in [-0.2, 0) is 0 Å². The van der Waals surface area contributed by atoms with Crippen molar-refractivity contribution < 1.29 is 4.74 Å². The quantitative estimate of drug-likeness (QED) is 0.387. The first kappa shape index (κ1) is 13.6. The molecule has 0 radical (unpaired) electrons. The molecular weight excluding hydrogens is 260 g/mol. The Morgan fingerprint density at radius 1 is 1.21 bits per heavy atom. The Bertz CT molecular complexity index is 567. The van der Waals surface area contributed by atoms with Crippen molar-refractivity contribution in [3.05, 3.63) is 35.4 Å². The summed E-state index contributed by atoms with van der Waals surface area (Å²) in [6.07, 6.45) is 1.90. The van der Waals surface area contributed by atoms with Crippen molar-refractivity contribution >= 4 is 17.6 Å². The molecule has 0 saturated heterocycles. The van der Waals surface area contributed by atoms with E-state index < -0.39 is 0 Å². The third-order valence-electron chi connectivity index (χ3n) is 2.57. The molecular formula is C13H16N4OS. The fourth-order valence-corrected chi connectivity index (χ4v) is 1.92. The van der Waals surface area contributed by atoms with E-state index in [4.69, 9.17) is 10.6 Å². The summed E-state index contributed by atoms with van der Waals surface area (Å²) in [5, 5.41) is 0.607. The van der Waals surface area contributed by atoms with Crippen LogP contribution >= 0.6 is 11.8 Å². The van der Waals surface area contributed by atoms with Crippen molar-refractivity contribution in [2.75, 3.05) is 11.7 Å². The fraction of sp³-hybridized carbons (Fsp3) is 0.231. The van der Waals surface area contributed by atoms with E-state index in [1.54, 1.807) is 6.07 Å². The summed E-state index contributed by atoms with van der Waals surface area (Å²) >= 11 is 1.43. The molecule has 5 nitrogen and oxygen atoms in total. The van der Waals surface area contributed by atoms with E-state index in [-0.39, 0.29) is 0 Å². The predicted octanol–water partition coefficient (Wildman–Crippen LogP) is 2.89. The molecule has 1 aromatic carbocycles. The second kappa shape index (κ2) is 5.90. The first-order chi connectivity index (χ1) is 9.12. The highest BCUT2D eigenvalue weighted by atomic mass is 32.2. The third-order valence-corrected chi connectivity index (χ3v) is 3.12. The zero-order valence-corrected chi connectivity index (χ0v) is 11.9. The minimum absolute atomic E-state index is 0.473. The number of nitrogen functional groups attached to an aromatic ring is 1. The molecule has 0 amide bonds. The zero-order chi connectivity index (χ0) is 13.8. The molecule has 2 rings (SSSR count). The number of hydrogen-bond donors (Lipinski definition) is 2. The number of hydrogen-bond acceptors (Lipinski definition) is 6. The van der Waals surface area contributed by atoms with Crippen LogP contribution in [0, 0.1) is 13.8 Å². The minimum atomic E-state index is 0.473. The number of anilines is 1. The monoisotopic (exact) mass is 276 g/mol. The molecule has 1 heterocycles. The number of benzene rings is 1. The largest absolute Gasteiger partial charge is 0.439 e. The Labute approximate surface area is 116 Å². The van der Waals surface area contributed by atoms with Crippen LogP contribution in [0.3, 0.4) is 0 Å². The lowest BCUT2D eigenvalue weighted by Gasteiger charge is -2.10. The van der Waals surface area contributed by atoms with Gasteiger partial charge in [-0.1, -0.05) is 23.9 Å². The summed E-state index contributed by atoms with van der Waals surface area (Å²) in [6.45, 7) is 4.01. The summed E-state index contributed by atoms with van der Waals surface area (Å²) in [7, 11) is 0. The maximum absolute atomic E-state index is 5.81. The first-order valence-corrected chi connectivity index (χ1v) is 6.99. The van der Waals surface area contributed by atoms with Gasteiger partial charge in [0.2, 0.25) is 5.88 Å². The number of nitrogens with zero attached hydrogens (tertiary/aromatic N) is 2. The highest BCUT2D eigenvalue weighted by Crippen LogP contribution is 2.27. The summed E-state index contributed by atoms with van der Waals surface area (Å²) in [5.41, 5.74) is 4.70. The van der Waals surface area contributed by atoms with Crippen LogP contribution < -0.4 is 16.0 Å². The molecule has 0 atom stereocenters. The molecule has 3 N–H and O–H groups in total. The lowest BCUT2D eigenvalue weighted by atomic mass is 10.1. The Morgan fingerprint density at radius 3 is 2.68 bits per heavy atom. The van der Waals surface area contributed by atoms with E-state index in [2.05, 4.69) is 15.4 Å². The van der Waals surface area contributed by atoms with Gasteiger partial charge < -0.3 is 10.2 Å². The average Bonchev–Trinajstić information content (AvgIpc) is 2.42. The third kappa shape index (κ3) is 3.36. The van der Waals surface area contributed by atoms with Gasteiger partial charge in [-0.25, -0.2) is 10.8 Å². The Hall–Kier alpha value is -1.79. The molecule has 1 aromatic heterocycles. The molecule has 0 aliphatic heterocycles. The maximum Gasteiger partial charge on any atom is 0.225 e. The SMILES string of the molecule is CSc1nc(NN)cc(Oc2cc(C)ccc2C)n1. The first-order valence-electron chi connectivity index (χ1n) is 5.77. The van der Waals surface area contributed by atoms with Crippen molar-refractivity contribution in [3.63, 3.8) is 0 Å². The smallest absolute Gasteiger partial charge is 0.225 e. The highest BCUT2D eigenvalue weighted by molar-refractivity contribution is 7.98. The number of aryl methyl sites for hydroxylation is 2. The van der Waals surface area contributed by atoms with Gasteiger partial charge in [0.15, 0.2) is 5.16 Å². The van der Waals surface area contributed by atoms with Crippen molar-refractivity contribution in [1.29, 1.82) is 0 Å². The Kier molecular flexibility index (Phi) is 4.24. The highest BCUT2D eigenvalue weighted by Gasteiger charge is 2.07. The van der Waals surface area contributed by atoms with E-state index in [0.717, 1.165) is 16.9 Å². The number of rotatable bonds is 4. The molecule has 100 valence electrons. The van der Waals surface area contributed by atoms with Gasteiger partial charge in [-0.2, -0.15) is 4.98 Å². The van der Waals surface area contributed by atoms with Crippen molar-refractivity contribution in [3.8, 4) is 11.6 Å². The summed E-state index contributed by atoms with van der Waals surface area (Å²) in [6, 6.07) is 7.71. The molecule has 19 heavy (non-hydrogen) atoms. The van der Waals surface area contributed by atoms with Crippen LogP contribution in [0.4, 0.5) is 5.82 Å². The van der Waals surface area contributed by atoms with Gasteiger partial charge in [-0.3, -0.25) is 0 Å². The fourth-order valence-electron chi connectivity index (χ4n) is 1.55. The Balaban J connectivity index is 2.34. The maximum atomic E-state index is 5.81. The van der Waals surface area contributed by atoms with E-state index >= 15 is 0 Å². The van der Waals surface area contributed by atoms with Crippen molar-refractivity contribution in [2.45, 2.75) is 19.0 Å². The average molecular weight is 276 g/mol. The minimum Gasteiger partial charge on any atom is -0.439 e. The van der Waals surface area contributed by atoms with E-state index in [1.165, 1.54) is 11.8 Å². The van der Waals surface area contributed by atoms with Gasteiger partial charge >= 0.3 is 0 Å². The summed E-state index contributed by atoms with van der Waals surface area (Å²) < 4.78 is 5.81. The normalized spacial score (nSPS) is 10.3. The van der Waals surface area contributed by atoms with Crippen LogP contribution in [0.1, 0.15) is 11.1 Å². The molecule has 6 heteroatoms. The number of hydrazine groups is 1. The zero-order valence-electron chi connectivity index (χ0n) is 11.1. The molecule has 0 aliphatic carbocycles. The number of aromatic nitrogens is 2. The van der Waals surface area contributed by atoms with E-state index in [1.807, 2.05) is 38.3 Å². The topological polar surface area (TPSA) is 73.1 Å². The predicted molar refractivity (Wildman–Crippen MR) is 77.6 cm³/mol. The summed E-state index contributed by atoms with van der Waals surface area (Å²) in [4.78, 5) is 8.49. The second-order valence-corrected chi connectivity index (χ2v) is 4.87. The van der Waals surface area contributed by atoms with Gasteiger partial charge in [0.25, 0.3) is 0 Å². The molecule has 2 aromatic rings. The van der Waals surface area contributed by atoms with Gasteiger partial charge in [-0.15, -0.1) is 0 Å². The van der Waals surface area contributed by atoms with Crippen LogP contribution in [0.25, 0.3) is 0 Å². The standard InChI is InChI=1S/C13H16N4OS/c1-8-4-5-9(2)10(6-8)18-12-7-11(17-14)15-13(16-12)19-3/h4-7H,14H2,1-3H3,(H,15,16,17). The van der Waals surface area contributed by atoms with E-state index in [0.29, 0.717) is 16.9 Å². The number of ether oxygens (including phenoxy) is 1. The number of nitrogens with two attached hydrogens (primary N) is 1. The van der Waals surface area contributed by atoms with Crippen LogP contribution in [0.5, 0.6) is 11.6 Å². The Morgan fingerprint density at radius 2 is 2.00 bits per heavy atom. The van der Waals surface area contributed by atoms with Crippen LogP contribution in [-0.4, -0.2) is 16.2 Å². The molecule has 0 spiro atoms. The van der Waals surface area contributed by atoms with Crippen molar-refractivity contribution in [1.82, 2.24) is 9.97 Å². The molecule has 0 unspecified atom stereocenters. The lowest BCUT2D eigenvalue weighted by Crippen LogP contribution is -2.09. The second-order valence-electron chi connectivity index (χ2n) is 4.09. The van der Waals surface area contributed by atoms with Gasteiger partial charge in [0.05, 0.1) is 0 Å². The summed E-state index contributed by atoms with van der Waals surface area (Å²) in [5.74, 6) is 7.17. The molecule has 0 aliphatic rings. The number of thioether (sulfide) groups is 1. The van der Waals surface area contributed by atoms with Gasteiger partial charge in [0.1, 0.15) is 11.6 Å². The molecule has 0 bridgehead atoms. The number of nitrogens with one attached hydrogen (secondary N) is 1. The molecule has 0 saturated carbocycles. The van der Waals surface area contributed by atoms with Crippen LogP contribution in [0.2, 0.25) is 0 Å². The van der Waals surface area contributed by atoms with Crippen LogP contribution in [0.15, 0.2) is 29.4 Å². The lowest BCUT2D eigenvalue weighted by molar-refractivity contribution is 0.452. The van der Waals surface area contributed by atoms with E-state index in [9.17, 15) is 0 Å². The van der Waals surface area contributed by atoms with Crippen molar-refractivity contribution in [2.24, 2.45) is 5.84 Å².